The number of hydrogen-bond donors (Lipinski definition) is 3. The standard InChI is InChI=1S/C10H12N4OS2/c11-14-10-13-6-8(17-10)4-9(15)12-5-7-2-1-3-16-7/h1-3,6H,4-5,11H2,(H,12,15)(H,13,14). The highest BCUT2D eigenvalue weighted by atomic mass is 32.1. The lowest BCUT2D eigenvalue weighted by atomic mass is 10.3. The van der Waals surface area contributed by atoms with Gasteiger partial charge in [-0.2, -0.15) is 0 Å². The Kier molecular flexibility index (Phi) is 4.08. The van der Waals surface area contributed by atoms with Gasteiger partial charge in [-0.15, -0.1) is 22.7 Å². The molecule has 0 saturated carbocycles. The molecule has 2 aromatic rings. The summed E-state index contributed by atoms with van der Waals surface area (Å²) in [5.74, 6) is 5.21. The monoisotopic (exact) mass is 268 g/mol. The van der Waals surface area contributed by atoms with Crippen LogP contribution in [0.5, 0.6) is 0 Å². The molecule has 0 unspecified atom stereocenters. The minimum atomic E-state index is -0.00868. The fourth-order valence-corrected chi connectivity index (χ4v) is 2.64. The number of hydrogen-bond acceptors (Lipinski definition) is 6. The van der Waals surface area contributed by atoms with Crippen molar-refractivity contribution >= 4 is 33.7 Å². The molecule has 0 radical (unpaired) electrons. The van der Waals surface area contributed by atoms with Gasteiger partial charge in [0, 0.05) is 16.0 Å². The van der Waals surface area contributed by atoms with E-state index in [1.54, 1.807) is 17.5 Å². The molecule has 0 aliphatic rings. The van der Waals surface area contributed by atoms with Gasteiger partial charge in [0.05, 0.1) is 13.0 Å². The van der Waals surface area contributed by atoms with Crippen LogP contribution in [0.3, 0.4) is 0 Å². The lowest BCUT2D eigenvalue weighted by Crippen LogP contribution is -2.23. The maximum atomic E-state index is 11.6. The summed E-state index contributed by atoms with van der Waals surface area (Å²) in [5, 5.41) is 5.47. The quantitative estimate of drug-likeness (QED) is 0.565. The van der Waals surface area contributed by atoms with Gasteiger partial charge >= 0.3 is 0 Å². The molecule has 0 aliphatic heterocycles. The van der Waals surface area contributed by atoms with Crippen molar-refractivity contribution in [3.8, 4) is 0 Å². The molecule has 1 amide bonds. The van der Waals surface area contributed by atoms with Gasteiger partial charge in [0.25, 0.3) is 0 Å². The summed E-state index contributed by atoms with van der Waals surface area (Å²) in [6.45, 7) is 0.581. The van der Waals surface area contributed by atoms with Crippen molar-refractivity contribution in [2.24, 2.45) is 5.84 Å². The molecule has 0 aliphatic carbocycles. The number of carbonyl (C=O) groups is 1. The molecular formula is C10H12N4OS2. The number of nitrogens with one attached hydrogen (secondary N) is 2. The highest BCUT2D eigenvalue weighted by molar-refractivity contribution is 7.15. The number of nitrogen functional groups attached to an aromatic ring is 1. The lowest BCUT2D eigenvalue weighted by Gasteiger charge is -2.01. The Morgan fingerprint density at radius 2 is 2.35 bits per heavy atom. The number of hydrazine groups is 1. The van der Waals surface area contributed by atoms with Crippen molar-refractivity contribution < 1.29 is 4.79 Å². The number of nitrogens with zero attached hydrogens (tertiary/aromatic N) is 1. The van der Waals surface area contributed by atoms with Crippen LogP contribution in [-0.2, 0) is 17.8 Å². The molecular weight excluding hydrogens is 256 g/mol. The molecule has 90 valence electrons. The highest BCUT2D eigenvalue weighted by Gasteiger charge is 2.07. The van der Waals surface area contributed by atoms with E-state index in [9.17, 15) is 4.79 Å². The van der Waals surface area contributed by atoms with Crippen molar-refractivity contribution in [3.05, 3.63) is 33.5 Å². The normalized spacial score (nSPS) is 10.2. The summed E-state index contributed by atoms with van der Waals surface area (Å²) in [4.78, 5) is 17.7. The zero-order valence-corrected chi connectivity index (χ0v) is 10.6. The first-order valence-electron chi connectivity index (χ1n) is 4.98. The zero-order valence-electron chi connectivity index (χ0n) is 8.97. The van der Waals surface area contributed by atoms with E-state index in [1.165, 1.54) is 11.3 Å². The fourth-order valence-electron chi connectivity index (χ4n) is 1.28. The van der Waals surface area contributed by atoms with E-state index in [4.69, 9.17) is 5.84 Å². The van der Waals surface area contributed by atoms with Gasteiger partial charge in [-0.1, -0.05) is 6.07 Å². The van der Waals surface area contributed by atoms with Crippen LogP contribution in [0.15, 0.2) is 23.7 Å². The van der Waals surface area contributed by atoms with Gasteiger partial charge in [0.1, 0.15) is 0 Å². The first kappa shape index (κ1) is 12.0. The molecule has 0 bridgehead atoms. The van der Waals surface area contributed by atoms with Crippen LogP contribution >= 0.6 is 22.7 Å². The second-order valence-corrected chi connectivity index (χ2v) is 5.46. The van der Waals surface area contributed by atoms with Crippen molar-refractivity contribution in [2.45, 2.75) is 13.0 Å². The van der Waals surface area contributed by atoms with Gasteiger partial charge in [-0.25, -0.2) is 10.8 Å². The fraction of sp³-hybridized carbons (Fsp3) is 0.200. The topological polar surface area (TPSA) is 80.0 Å². The van der Waals surface area contributed by atoms with Gasteiger partial charge < -0.3 is 5.32 Å². The summed E-state index contributed by atoms with van der Waals surface area (Å²) >= 11 is 3.01. The van der Waals surface area contributed by atoms with Gasteiger partial charge in [-0.05, 0) is 11.4 Å². The molecule has 0 aromatic carbocycles. The molecule has 0 saturated heterocycles. The summed E-state index contributed by atoms with van der Waals surface area (Å²) in [7, 11) is 0. The molecule has 5 nitrogen and oxygen atoms in total. The minimum absolute atomic E-state index is 0.00868. The Hall–Kier alpha value is -1.44. The van der Waals surface area contributed by atoms with E-state index in [0.29, 0.717) is 18.1 Å². The van der Waals surface area contributed by atoms with Crippen molar-refractivity contribution in [1.29, 1.82) is 0 Å². The number of carbonyl (C=O) groups excluding carboxylic acids is 1. The molecule has 0 fully saturated rings. The highest BCUT2D eigenvalue weighted by Crippen LogP contribution is 2.17. The van der Waals surface area contributed by atoms with Gasteiger partial charge in [0.2, 0.25) is 5.91 Å². The van der Waals surface area contributed by atoms with Crippen LogP contribution in [0.25, 0.3) is 0 Å². The number of thiazole rings is 1. The molecule has 7 heteroatoms. The van der Waals surface area contributed by atoms with Crippen LogP contribution < -0.4 is 16.6 Å². The SMILES string of the molecule is NNc1ncc(CC(=O)NCc2cccs2)s1. The predicted molar refractivity (Wildman–Crippen MR) is 69.8 cm³/mol. The van der Waals surface area contributed by atoms with E-state index in [1.807, 2.05) is 17.5 Å². The molecule has 4 N–H and O–H groups in total. The average molecular weight is 268 g/mol. The Morgan fingerprint density at radius 3 is 3.00 bits per heavy atom. The van der Waals surface area contributed by atoms with E-state index in [2.05, 4.69) is 15.7 Å². The van der Waals surface area contributed by atoms with Crippen LogP contribution in [0.1, 0.15) is 9.75 Å². The second kappa shape index (κ2) is 5.76. The maximum absolute atomic E-state index is 11.6. The van der Waals surface area contributed by atoms with E-state index < -0.39 is 0 Å². The van der Waals surface area contributed by atoms with E-state index in [-0.39, 0.29) is 5.91 Å². The summed E-state index contributed by atoms with van der Waals surface area (Å²) < 4.78 is 0. The van der Waals surface area contributed by atoms with Crippen molar-refractivity contribution in [1.82, 2.24) is 10.3 Å². The van der Waals surface area contributed by atoms with E-state index in [0.717, 1.165) is 9.75 Å². The smallest absolute Gasteiger partial charge is 0.225 e. The molecule has 17 heavy (non-hydrogen) atoms. The first-order chi connectivity index (χ1) is 8.28. The van der Waals surface area contributed by atoms with Crippen LogP contribution in [0.2, 0.25) is 0 Å². The molecule has 0 atom stereocenters. The summed E-state index contributed by atoms with van der Waals surface area (Å²) in [5.41, 5.74) is 2.45. The number of thiophene rings is 1. The summed E-state index contributed by atoms with van der Waals surface area (Å²) in [6.07, 6.45) is 2.00. The molecule has 2 aromatic heterocycles. The molecule has 2 rings (SSSR count). The van der Waals surface area contributed by atoms with E-state index >= 15 is 0 Å². The lowest BCUT2D eigenvalue weighted by molar-refractivity contribution is -0.120. The van der Waals surface area contributed by atoms with Crippen LogP contribution in [-0.4, -0.2) is 10.9 Å². The number of rotatable bonds is 5. The Balaban J connectivity index is 1.81. The molecule has 0 spiro atoms. The molecule has 2 heterocycles. The first-order valence-corrected chi connectivity index (χ1v) is 6.68. The number of nitrogens with two attached hydrogens (primary N) is 1. The van der Waals surface area contributed by atoms with Crippen LogP contribution in [0.4, 0.5) is 5.13 Å². The van der Waals surface area contributed by atoms with Crippen LogP contribution in [0, 0.1) is 0 Å². The Labute approximate surface area is 107 Å². The Bertz CT molecular complexity index is 480. The third kappa shape index (κ3) is 3.52. The largest absolute Gasteiger partial charge is 0.351 e. The van der Waals surface area contributed by atoms with Gasteiger partial charge in [0.15, 0.2) is 5.13 Å². The third-order valence-corrected chi connectivity index (χ3v) is 3.86. The number of anilines is 1. The summed E-state index contributed by atoms with van der Waals surface area (Å²) in [6, 6.07) is 3.96. The average Bonchev–Trinajstić information content (AvgIpc) is 2.97. The predicted octanol–water partition coefficient (Wildman–Crippen LogP) is 1.35. The minimum Gasteiger partial charge on any atom is -0.351 e. The van der Waals surface area contributed by atoms with Crippen molar-refractivity contribution in [2.75, 3.05) is 5.43 Å². The Morgan fingerprint density at radius 1 is 1.47 bits per heavy atom. The second-order valence-electron chi connectivity index (χ2n) is 3.31. The van der Waals surface area contributed by atoms with Crippen molar-refractivity contribution in [3.63, 3.8) is 0 Å². The van der Waals surface area contributed by atoms with Gasteiger partial charge in [-0.3, -0.25) is 10.2 Å². The zero-order chi connectivity index (χ0) is 12.1. The number of aromatic nitrogens is 1. The third-order valence-electron chi connectivity index (χ3n) is 2.05. The number of amides is 1. The maximum Gasteiger partial charge on any atom is 0.225 e.